The molecule has 1 heterocycles. The van der Waals surface area contributed by atoms with Crippen LogP contribution in [0.5, 0.6) is 0 Å². The van der Waals surface area contributed by atoms with Crippen molar-refractivity contribution < 1.29 is 9.53 Å². The van der Waals surface area contributed by atoms with Gasteiger partial charge in [0.15, 0.2) is 0 Å². The van der Waals surface area contributed by atoms with Crippen molar-refractivity contribution in [1.29, 1.82) is 0 Å². The first-order valence-corrected chi connectivity index (χ1v) is 6.97. The summed E-state index contributed by atoms with van der Waals surface area (Å²) in [4.78, 5) is 15.4. The second kappa shape index (κ2) is 5.83. The third-order valence-corrected chi connectivity index (χ3v) is 3.79. The van der Waals surface area contributed by atoms with Crippen LogP contribution in [-0.4, -0.2) is 18.1 Å². The van der Waals surface area contributed by atoms with Crippen LogP contribution in [-0.2, 0) is 16.0 Å². The Bertz CT molecular complexity index is 746. The molecule has 0 saturated carbocycles. The number of aromatic nitrogens is 1. The Balaban J connectivity index is 1.97. The highest BCUT2D eigenvalue weighted by molar-refractivity contribution is 5.85. The number of carbonyl (C=O) groups excluding carboxylic acids is 1. The highest BCUT2D eigenvalue weighted by atomic mass is 16.5. The maximum absolute atomic E-state index is 12.1. The van der Waals surface area contributed by atoms with Crippen LogP contribution in [0.2, 0.25) is 0 Å². The number of methoxy groups -OCH3 is 1. The quantitative estimate of drug-likeness (QED) is 0.740. The van der Waals surface area contributed by atoms with E-state index < -0.39 is 0 Å². The first-order valence-electron chi connectivity index (χ1n) is 6.97. The first-order chi connectivity index (χ1) is 10.3. The van der Waals surface area contributed by atoms with Crippen LogP contribution in [0, 0.1) is 0 Å². The lowest BCUT2D eigenvalue weighted by Gasteiger charge is -2.14. The molecule has 0 aliphatic heterocycles. The molecule has 1 aromatic heterocycles. The summed E-state index contributed by atoms with van der Waals surface area (Å²) in [7, 11) is 1.44. The van der Waals surface area contributed by atoms with Gasteiger partial charge in [0.2, 0.25) is 0 Å². The van der Waals surface area contributed by atoms with E-state index in [-0.39, 0.29) is 11.9 Å². The molecule has 0 radical (unpaired) electrons. The molecule has 0 aliphatic carbocycles. The number of fused-ring (bicyclic) bond motifs is 1. The van der Waals surface area contributed by atoms with E-state index in [9.17, 15) is 4.79 Å². The van der Waals surface area contributed by atoms with Gasteiger partial charge >= 0.3 is 5.97 Å². The largest absolute Gasteiger partial charge is 0.469 e. The summed E-state index contributed by atoms with van der Waals surface area (Å²) in [6, 6.07) is 17.9. The summed E-state index contributed by atoms with van der Waals surface area (Å²) < 4.78 is 4.98. The van der Waals surface area contributed by atoms with Gasteiger partial charge in [-0.3, -0.25) is 4.79 Å². The van der Waals surface area contributed by atoms with E-state index in [1.54, 1.807) is 0 Å². The van der Waals surface area contributed by atoms with E-state index in [4.69, 9.17) is 4.74 Å². The minimum atomic E-state index is -0.282. The van der Waals surface area contributed by atoms with Gasteiger partial charge in [-0.1, -0.05) is 48.5 Å². The summed E-state index contributed by atoms with van der Waals surface area (Å²) in [6.07, 6.45) is 2.60. The molecule has 3 aromatic rings. The van der Waals surface area contributed by atoms with Gasteiger partial charge < -0.3 is 9.72 Å². The van der Waals surface area contributed by atoms with E-state index in [1.165, 1.54) is 7.11 Å². The van der Waals surface area contributed by atoms with Crippen molar-refractivity contribution in [1.82, 2.24) is 4.98 Å². The minimum Gasteiger partial charge on any atom is -0.469 e. The summed E-state index contributed by atoms with van der Waals surface area (Å²) in [6.45, 7) is 0. The summed E-state index contributed by atoms with van der Waals surface area (Å²) >= 11 is 0. The Morgan fingerprint density at radius 3 is 2.57 bits per heavy atom. The number of nitrogens with one attached hydrogen (secondary N) is 1. The summed E-state index contributed by atoms with van der Waals surface area (Å²) in [5.41, 5.74) is 3.20. The number of para-hydroxylation sites is 1. The number of hydrogen-bond acceptors (Lipinski definition) is 2. The SMILES string of the molecule is COC(=O)C(Cc1c[nH]c2ccccc12)c1ccccc1. The zero-order chi connectivity index (χ0) is 14.7. The molecule has 0 fully saturated rings. The lowest BCUT2D eigenvalue weighted by molar-refractivity contribution is -0.142. The lowest BCUT2D eigenvalue weighted by atomic mass is 9.92. The highest BCUT2D eigenvalue weighted by Crippen LogP contribution is 2.26. The highest BCUT2D eigenvalue weighted by Gasteiger charge is 2.22. The number of aromatic amines is 1. The maximum atomic E-state index is 12.1. The van der Waals surface area contributed by atoms with Crippen molar-refractivity contribution in [2.45, 2.75) is 12.3 Å². The number of benzene rings is 2. The van der Waals surface area contributed by atoms with E-state index in [2.05, 4.69) is 11.1 Å². The molecule has 1 unspecified atom stereocenters. The molecule has 0 aliphatic rings. The van der Waals surface area contributed by atoms with Gasteiger partial charge in [-0.15, -0.1) is 0 Å². The van der Waals surface area contributed by atoms with Crippen LogP contribution in [0.4, 0.5) is 0 Å². The number of ether oxygens (including phenoxy) is 1. The van der Waals surface area contributed by atoms with Crippen LogP contribution in [0.3, 0.4) is 0 Å². The van der Waals surface area contributed by atoms with Crippen LogP contribution in [0.15, 0.2) is 60.8 Å². The number of rotatable bonds is 4. The van der Waals surface area contributed by atoms with E-state index in [1.807, 2.05) is 54.7 Å². The Labute approximate surface area is 123 Å². The van der Waals surface area contributed by atoms with Crippen molar-refractivity contribution in [3.8, 4) is 0 Å². The topological polar surface area (TPSA) is 42.1 Å². The predicted molar refractivity (Wildman–Crippen MR) is 83.2 cm³/mol. The molecule has 3 heteroatoms. The fourth-order valence-electron chi connectivity index (χ4n) is 2.69. The van der Waals surface area contributed by atoms with Crippen molar-refractivity contribution in [2.24, 2.45) is 0 Å². The molecule has 0 bridgehead atoms. The third-order valence-electron chi connectivity index (χ3n) is 3.79. The Morgan fingerprint density at radius 1 is 1.10 bits per heavy atom. The van der Waals surface area contributed by atoms with Gasteiger partial charge in [-0.2, -0.15) is 0 Å². The Hall–Kier alpha value is -2.55. The molecule has 21 heavy (non-hydrogen) atoms. The van der Waals surface area contributed by atoms with Crippen LogP contribution in [0.25, 0.3) is 10.9 Å². The number of H-pyrrole nitrogens is 1. The second-order valence-corrected chi connectivity index (χ2v) is 5.05. The second-order valence-electron chi connectivity index (χ2n) is 5.05. The monoisotopic (exact) mass is 279 g/mol. The fourth-order valence-corrected chi connectivity index (χ4v) is 2.69. The van der Waals surface area contributed by atoms with Crippen LogP contribution >= 0.6 is 0 Å². The van der Waals surface area contributed by atoms with Crippen LogP contribution in [0.1, 0.15) is 17.0 Å². The smallest absolute Gasteiger partial charge is 0.313 e. The molecule has 2 aromatic carbocycles. The number of hydrogen-bond donors (Lipinski definition) is 1. The lowest BCUT2D eigenvalue weighted by Crippen LogP contribution is -2.16. The zero-order valence-corrected chi connectivity index (χ0v) is 11.9. The first kappa shape index (κ1) is 13.4. The van der Waals surface area contributed by atoms with Gasteiger partial charge in [0.25, 0.3) is 0 Å². The van der Waals surface area contributed by atoms with Gasteiger partial charge in [0, 0.05) is 17.1 Å². The maximum Gasteiger partial charge on any atom is 0.313 e. The molecule has 0 amide bonds. The molecule has 3 nitrogen and oxygen atoms in total. The molecular weight excluding hydrogens is 262 g/mol. The standard InChI is InChI=1S/C18H17NO2/c1-21-18(20)16(13-7-3-2-4-8-13)11-14-12-19-17-10-6-5-9-15(14)17/h2-10,12,16,19H,11H2,1H3. The van der Waals surface area contributed by atoms with E-state index in [0.29, 0.717) is 6.42 Å². The normalized spacial score (nSPS) is 12.2. The van der Waals surface area contributed by atoms with Crippen molar-refractivity contribution >= 4 is 16.9 Å². The average molecular weight is 279 g/mol. The fraction of sp³-hybridized carbons (Fsp3) is 0.167. The Kier molecular flexibility index (Phi) is 3.73. The van der Waals surface area contributed by atoms with Gasteiger partial charge in [-0.25, -0.2) is 0 Å². The van der Waals surface area contributed by atoms with Crippen LogP contribution < -0.4 is 0 Å². The van der Waals surface area contributed by atoms with E-state index in [0.717, 1.165) is 22.0 Å². The van der Waals surface area contributed by atoms with Crippen molar-refractivity contribution in [3.05, 3.63) is 71.9 Å². The molecule has 106 valence electrons. The molecule has 1 atom stereocenters. The predicted octanol–water partition coefficient (Wildman–Crippen LogP) is 3.67. The molecule has 3 rings (SSSR count). The average Bonchev–Trinajstić information content (AvgIpc) is 2.96. The minimum absolute atomic E-state index is 0.202. The van der Waals surface area contributed by atoms with Gasteiger partial charge in [0.05, 0.1) is 13.0 Å². The number of esters is 1. The zero-order valence-electron chi connectivity index (χ0n) is 11.9. The van der Waals surface area contributed by atoms with Gasteiger partial charge in [0.1, 0.15) is 0 Å². The molecular formula is C18H17NO2. The molecule has 0 spiro atoms. The third kappa shape index (κ3) is 2.68. The summed E-state index contributed by atoms with van der Waals surface area (Å²) in [5, 5.41) is 1.15. The number of carbonyl (C=O) groups is 1. The van der Waals surface area contributed by atoms with Gasteiger partial charge in [-0.05, 0) is 23.6 Å². The Morgan fingerprint density at radius 2 is 1.81 bits per heavy atom. The van der Waals surface area contributed by atoms with E-state index >= 15 is 0 Å². The molecule has 1 N–H and O–H groups in total. The molecule has 0 saturated heterocycles. The van der Waals surface area contributed by atoms with Crippen molar-refractivity contribution in [2.75, 3.05) is 7.11 Å². The summed E-state index contributed by atoms with van der Waals surface area (Å²) in [5.74, 6) is -0.484. The van der Waals surface area contributed by atoms with Crippen molar-refractivity contribution in [3.63, 3.8) is 0 Å².